The molecule has 0 amide bonds. The predicted octanol–water partition coefficient (Wildman–Crippen LogP) is 2.17. The van der Waals surface area contributed by atoms with Crippen LogP contribution in [0.2, 0.25) is 0 Å². The first-order chi connectivity index (χ1) is 11.6. The summed E-state index contributed by atoms with van der Waals surface area (Å²) in [4.78, 5) is 7.07. The van der Waals surface area contributed by atoms with Crippen LogP contribution in [0, 0.1) is 12.8 Å². The van der Waals surface area contributed by atoms with Gasteiger partial charge < -0.3 is 19.8 Å². The van der Waals surface area contributed by atoms with Gasteiger partial charge in [0.05, 0.1) is 19.3 Å². The van der Waals surface area contributed by atoms with Crippen molar-refractivity contribution in [3.05, 3.63) is 23.7 Å². The number of nitrogens with zero attached hydrogens (tertiary/aromatic N) is 2. The van der Waals surface area contributed by atoms with E-state index in [1.165, 1.54) is 0 Å². The van der Waals surface area contributed by atoms with Gasteiger partial charge in [-0.15, -0.1) is 0 Å². The average molecular weight is 336 g/mol. The van der Waals surface area contributed by atoms with Gasteiger partial charge in [0.1, 0.15) is 11.5 Å². The van der Waals surface area contributed by atoms with Crippen LogP contribution in [0.4, 0.5) is 0 Å². The number of aliphatic imine (C=N–C) groups is 1. The summed E-state index contributed by atoms with van der Waals surface area (Å²) >= 11 is 0. The lowest BCUT2D eigenvalue weighted by molar-refractivity contribution is 0.0124. The first-order valence-corrected chi connectivity index (χ1v) is 9.00. The van der Waals surface area contributed by atoms with E-state index in [0.29, 0.717) is 5.92 Å². The van der Waals surface area contributed by atoms with Crippen molar-refractivity contribution in [2.24, 2.45) is 10.9 Å². The normalized spacial score (nSPS) is 18.0. The summed E-state index contributed by atoms with van der Waals surface area (Å²) in [5.74, 6) is 3.36. The minimum atomic E-state index is 0.186. The molecular formula is C18H32N4O2. The fraction of sp³-hybridized carbons (Fsp3) is 0.722. The summed E-state index contributed by atoms with van der Waals surface area (Å²) in [5.41, 5.74) is 0. The van der Waals surface area contributed by atoms with Gasteiger partial charge in [0, 0.05) is 32.7 Å². The van der Waals surface area contributed by atoms with E-state index in [4.69, 9.17) is 9.15 Å². The van der Waals surface area contributed by atoms with E-state index in [9.17, 15) is 0 Å². The topological polar surface area (TPSA) is 62.0 Å². The lowest BCUT2D eigenvalue weighted by Crippen LogP contribution is -2.46. The van der Waals surface area contributed by atoms with Gasteiger partial charge in [-0.1, -0.05) is 13.8 Å². The van der Waals surface area contributed by atoms with Gasteiger partial charge in [-0.2, -0.15) is 0 Å². The number of aryl methyl sites for hydroxylation is 1. The summed E-state index contributed by atoms with van der Waals surface area (Å²) in [6.07, 6.45) is 0. The minimum Gasteiger partial charge on any atom is -0.465 e. The van der Waals surface area contributed by atoms with E-state index in [1.807, 2.05) is 13.0 Å². The van der Waals surface area contributed by atoms with E-state index < -0.39 is 0 Å². The lowest BCUT2D eigenvalue weighted by Gasteiger charge is -2.33. The quantitative estimate of drug-likeness (QED) is 0.590. The van der Waals surface area contributed by atoms with Crippen LogP contribution in [-0.2, 0) is 4.74 Å². The fourth-order valence-electron chi connectivity index (χ4n) is 2.74. The van der Waals surface area contributed by atoms with Gasteiger partial charge in [0.2, 0.25) is 0 Å². The summed E-state index contributed by atoms with van der Waals surface area (Å²) in [7, 11) is 0. The molecule has 0 spiro atoms. The molecule has 1 aliphatic rings. The molecular weight excluding hydrogens is 304 g/mol. The standard InChI is InChI=1S/C18H32N4O2/c1-5-19-18(20-12-14(2)3)21-13-16(17-7-6-15(4)24-17)22-8-10-23-11-9-22/h6-7,14,16H,5,8-13H2,1-4H3,(H2,19,20,21). The Balaban J connectivity index is 2.04. The Kier molecular flexibility index (Phi) is 7.59. The largest absolute Gasteiger partial charge is 0.465 e. The van der Waals surface area contributed by atoms with E-state index >= 15 is 0 Å². The van der Waals surface area contributed by atoms with Gasteiger partial charge in [0.25, 0.3) is 0 Å². The molecule has 2 heterocycles. The summed E-state index contributed by atoms with van der Waals surface area (Å²) in [6.45, 7) is 14.3. The molecule has 1 saturated heterocycles. The van der Waals surface area contributed by atoms with Crippen molar-refractivity contribution in [3.63, 3.8) is 0 Å². The highest BCUT2D eigenvalue weighted by molar-refractivity contribution is 5.79. The Morgan fingerprint density at radius 1 is 1.25 bits per heavy atom. The monoisotopic (exact) mass is 336 g/mol. The average Bonchev–Trinajstić information content (AvgIpc) is 3.00. The minimum absolute atomic E-state index is 0.186. The second-order valence-corrected chi connectivity index (χ2v) is 6.61. The zero-order chi connectivity index (χ0) is 17.4. The molecule has 0 saturated carbocycles. The van der Waals surface area contributed by atoms with Gasteiger partial charge in [0.15, 0.2) is 5.96 Å². The fourth-order valence-corrected chi connectivity index (χ4v) is 2.74. The summed E-state index contributed by atoms with van der Waals surface area (Å²) in [6, 6.07) is 4.29. The van der Waals surface area contributed by atoms with E-state index in [2.05, 4.69) is 47.4 Å². The van der Waals surface area contributed by atoms with E-state index in [-0.39, 0.29) is 6.04 Å². The third-order valence-electron chi connectivity index (χ3n) is 4.00. The van der Waals surface area contributed by atoms with Crippen LogP contribution >= 0.6 is 0 Å². The van der Waals surface area contributed by atoms with Crippen molar-refractivity contribution in [2.45, 2.75) is 33.7 Å². The van der Waals surface area contributed by atoms with Crippen molar-refractivity contribution >= 4 is 5.96 Å². The maximum Gasteiger partial charge on any atom is 0.191 e. The number of nitrogens with one attached hydrogen (secondary N) is 2. The van der Waals surface area contributed by atoms with Crippen LogP contribution in [0.1, 0.15) is 38.3 Å². The molecule has 6 heteroatoms. The van der Waals surface area contributed by atoms with Crippen molar-refractivity contribution in [1.82, 2.24) is 15.5 Å². The van der Waals surface area contributed by atoms with Crippen molar-refractivity contribution in [1.29, 1.82) is 0 Å². The van der Waals surface area contributed by atoms with Crippen molar-refractivity contribution in [2.75, 3.05) is 45.9 Å². The van der Waals surface area contributed by atoms with Crippen LogP contribution in [-0.4, -0.2) is 56.8 Å². The molecule has 1 fully saturated rings. The van der Waals surface area contributed by atoms with Gasteiger partial charge >= 0.3 is 0 Å². The Hall–Kier alpha value is -1.53. The molecule has 1 atom stereocenters. The van der Waals surface area contributed by atoms with Gasteiger partial charge in [-0.25, -0.2) is 0 Å². The Bertz CT molecular complexity index is 507. The number of rotatable bonds is 7. The molecule has 0 aliphatic carbocycles. The Labute approximate surface area is 145 Å². The Morgan fingerprint density at radius 3 is 2.58 bits per heavy atom. The highest BCUT2D eigenvalue weighted by Crippen LogP contribution is 2.23. The number of guanidine groups is 1. The van der Waals surface area contributed by atoms with Crippen LogP contribution < -0.4 is 10.6 Å². The maximum atomic E-state index is 5.91. The highest BCUT2D eigenvalue weighted by Gasteiger charge is 2.25. The van der Waals surface area contributed by atoms with E-state index in [0.717, 1.165) is 63.4 Å². The zero-order valence-corrected chi connectivity index (χ0v) is 15.5. The number of hydrogen-bond acceptors (Lipinski definition) is 4. The second-order valence-electron chi connectivity index (χ2n) is 6.61. The molecule has 2 N–H and O–H groups in total. The van der Waals surface area contributed by atoms with Crippen LogP contribution in [0.3, 0.4) is 0 Å². The molecule has 1 unspecified atom stereocenters. The van der Waals surface area contributed by atoms with Gasteiger partial charge in [-0.3, -0.25) is 9.89 Å². The van der Waals surface area contributed by atoms with Gasteiger partial charge in [-0.05, 0) is 31.9 Å². The first kappa shape index (κ1) is 18.8. The number of ether oxygens (including phenoxy) is 1. The second kappa shape index (κ2) is 9.69. The predicted molar refractivity (Wildman–Crippen MR) is 97.4 cm³/mol. The molecule has 0 aromatic carbocycles. The number of hydrogen-bond donors (Lipinski definition) is 2. The molecule has 1 aliphatic heterocycles. The molecule has 1 aromatic heterocycles. The summed E-state index contributed by atoms with van der Waals surface area (Å²) in [5, 5.41) is 6.80. The third-order valence-corrected chi connectivity index (χ3v) is 4.00. The zero-order valence-electron chi connectivity index (χ0n) is 15.5. The molecule has 136 valence electrons. The van der Waals surface area contributed by atoms with Crippen LogP contribution in [0.5, 0.6) is 0 Å². The smallest absolute Gasteiger partial charge is 0.191 e. The molecule has 0 bridgehead atoms. The Morgan fingerprint density at radius 2 is 2.00 bits per heavy atom. The lowest BCUT2D eigenvalue weighted by atomic mass is 10.1. The maximum absolute atomic E-state index is 5.91. The first-order valence-electron chi connectivity index (χ1n) is 9.00. The molecule has 1 aromatic rings. The van der Waals surface area contributed by atoms with Crippen LogP contribution in [0.25, 0.3) is 0 Å². The molecule has 2 rings (SSSR count). The third kappa shape index (κ3) is 5.83. The number of morpholine rings is 1. The molecule has 0 radical (unpaired) electrons. The highest BCUT2D eigenvalue weighted by atomic mass is 16.5. The SMILES string of the molecule is CCNC(=NCC(C)C)NCC(c1ccc(C)o1)N1CCOCC1. The number of furan rings is 1. The van der Waals surface area contributed by atoms with Crippen molar-refractivity contribution in [3.8, 4) is 0 Å². The van der Waals surface area contributed by atoms with Crippen molar-refractivity contribution < 1.29 is 9.15 Å². The van der Waals surface area contributed by atoms with E-state index in [1.54, 1.807) is 0 Å². The van der Waals surface area contributed by atoms with Crippen LogP contribution in [0.15, 0.2) is 21.5 Å². The summed E-state index contributed by atoms with van der Waals surface area (Å²) < 4.78 is 11.4. The molecule has 24 heavy (non-hydrogen) atoms. The molecule has 6 nitrogen and oxygen atoms in total.